The van der Waals surface area contributed by atoms with Gasteiger partial charge in [0.15, 0.2) is 0 Å². The Morgan fingerprint density at radius 1 is 1.22 bits per heavy atom. The summed E-state index contributed by atoms with van der Waals surface area (Å²) < 4.78 is 6.07. The number of carbonyl (C=O) groups is 2. The van der Waals surface area contributed by atoms with Crippen LogP contribution in [0.4, 0.5) is 10.5 Å². The summed E-state index contributed by atoms with van der Waals surface area (Å²) in [5.74, 6) is -2.81. The van der Waals surface area contributed by atoms with Gasteiger partial charge in [0.2, 0.25) is 0 Å². The van der Waals surface area contributed by atoms with Crippen LogP contribution in [0.15, 0.2) is 54.6 Å². The Labute approximate surface area is 159 Å². The number of amides is 2. The van der Waals surface area contributed by atoms with E-state index in [0.717, 1.165) is 10.2 Å². The lowest BCUT2D eigenvalue weighted by molar-refractivity contribution is -0.175. The van der Waals surface area contributed by atoms with Gasteiger partial charge in [-0.1, -0.05) is 30.3 Å². The first-order valence-electron chi connectivity index (χ1n) is 8.46. The molecule has 0 spiro atoms. The first kappa shape index (κ1) is 17.4. The molecule has 0 aliphatic carbocycles. The first-order chi connectivity index (χ1) is 13.0. The molecule has 0 unspecified atom stereocenters. The summed E-state index contributed by atoms with van der Waals surface area (Å²) in [5, 5.41) is 13.7. The summed E-state index contributed by atoms with van der Waals surface area (Å²) >= 11 is 1.46. The Balaban J connectivity index is 1.38. The maximum atomic E-state index is 12.5. The van der Waals surface area contributed by atoms with Crippen LogP contribution in [-0.2, 0) is 16.1 Å². The van der Waals surface area contributed by atoms with E-state index in [1.54, 1.807) is 24.3 Å². The zero-order valence-electron chi connectivity index (χ0n) is 14.3. The van der Waals surface area contributed by atoms with Gasteiger partial charge in [0, 0.05) is 18.7 Å². The number of rotatable bonds is 4. The topological polar surface area (TPSA) is 91.8 Å². The Bertz CT molecular complexity index is 958. The van der Waals surface area contributed by atoms with Gasteiger partial charge in [-0.2, -0.15) is 0 Å². The Kier molecular flexibility index (Phi) is 4.51. The smallest absolute Gasteiger partial charge is 0.407 e. The minimum atomic E-state index is -2.16. The lowest BCUT2D eigenvalue weighted by atomic mass is 10.2. The second-order valence-electron chi connectivity index (χ2n) is 6.15. The van der Waals surface area contributed by atoms with E-state index in [1.165, 1.54) is 16.2 Å². The molecule has 138 valence electrons. The van der Waals surface area contributed by atoms with Crippen LogP contribution in [0.3, 0.4) is 0 Å². The molecule has 1 aromatic heterocycles. The first-order valence-corrected chi connectivity index (χ1v) is 9.27. The van der Waals surface area contributed by atoms with Gasteiger partial charge in [0.1, 0.15) is 5.01 Å². The van der Waals surface area contributed by atoms with Crippen LogP contribution < -0.4 is 10.2 Å². The van der Waals surface area contributed by atoms with Gasteiger partial charge >= 0.3 is 6.09 Å². The van der Waals surface area contributed by atoms with E-state index >= 15 is 0 Å². The summed E-state index contributed by atoms with van der Waals surface area (Å²) in [6, 6.07) is 16.6. The number of nitrogens with one attached hydrogen (secondary N) is 1. The highest BCUT2D eigenvalue weighted by atomic mass is 32.1. The van der Waals surface area contributed by atoms with Crippen molar-refractivity contribution in [3.8, 4) is 0 Å². The largest absolute Gasteiger partial charge is 0.410 e. The molecule has 1 aliphatic rings. The van der Waals surface area contributed by atoms with Gasteiger partial charge in [-0.25, -0.2) is 9.78 Å². The summed E-state index contributed by atoms with van der Waals surface area (Å²) in [5.41, 5.74) is 1.51. The van der Waals surface area contributed by atoms with Gasteiger partial charge < -0.3 is 20.1 Å². The van der Waals surface area contributed by atoms with E-state index in [1.807, 2.05) is 30.3 Å². The third-order valence-corrected chi connectivity index (χ3v) is 5.34. The molecule has 1 fully saturated rings. The van der Waals surface area contributed by atoms with Crippen molar-refractivity contribution in [3.05, 3.63) is 59.6 Å². The molecule has 27 heavy (non-hydrogen) atoms. The highest BCUT2D eigenvalue weighted by molar-refractivity contribution is 7.18. The highest BCUT2D eigenvalue weighted by Crippen LogP contribution is 2.29. The molecule has 2 N–H and O–H groups in total. The minimum absolute atomic E-state index is 0.00921. The number of aromatic nitrogens is 1. The van der Waals surface area contributed by atoms with Crippen LogP contribution in [0.5, 0.6) is 0 Å². The zero-order valence-corrected chi connectivity index (χ0v) is 15.1. The quantitative estimate of drug-likeness (QED) is 0.676. The second-order valence-corrected chi connectivity index (χ2v) is 7.26. The number of hydrogen-bond acceptors (Lipinski definition) is 6. The van der Waals surface area contributed by atoms with E-state index in [4.69, 9.17) is 4.74 Å². The van der Waals surface area contributed by atoms with E-state index in [-0.39, 0.29) is 19.5 Å². The molecule has 7 nitrogen and oxygen atoms in total. The number of aliphatic hydroxyl groups is 1. The SMILES string of the molecule is O=C(NCc1nc2ccccc2s1)O[C@@]1(O)CCN(c2ccccc2)C1=O. The fraction of sp³-hybridized carbons (Fsp3) is 0.211. The van der Waals surface area contributed by atoms with Gasteiger partial charge in [-0.3, -0.25) is 4.79 Å². The van der Waals surface area contributed by atoms with Crippen molar-refractivity contribution in [3.63, 3.8) is 0 Å². The van der Waals surface area contributed by atoms with Crippen molar-refractivity contribution in [1.29, 1.82) is 0 Å². The summed E-state index contributed by atoms with van der Waals surface area (Å²) in [6.07, 6.45) is -0.852. The molecule has 1 aliphatic heterocycles. The van der Waals surface area contributed by atoms with Crippen LogP contribution >= 0.6 is 11.3 Å². The molecular weight excluding hydrogens is 366 g/mol. The molecule has 1 saturated heterocycles. The average Bonchev–Trinajstić information content (AvgIpc) is 3.22. The number of hydrogen-bond donors (Lipinski definition) is 2. The molecule has 2 amide bonds. The van der Waals surface area contributed by atoms with E-state index in [0.29, 0.717) is 10.7 Å². The van der Waals surface area contributed by atoms with Crippen LogP contribution in [0.2, 0.25) is 0 Å². The van der Waals surface area contributed by atoms with Crippen molar-refractivity contribution in [1.82, 2.24) is 10.3 Å². The van der Waals surface area contributed by atoms with Crippen LogP contribution in [0.25, 0.3) is 10.2 Å². The van der Waals surface area contributed by atoms with Gasteiger partial charge in [0.25, 0.3) is 11.7 Å². The minimum Gasteiger partial charge on any atom is -0.407 e. The third-order valence-electron chi connectivity index (χ3n) is 4.31. The summed E-state index contributed by atoms with van der Waals surface area (Å²) in [4.78, 5) is 30.4. The van der Waals surface area contributed by atoms with Crippen molar-refractivity contribution in [2.24, 2.45) is 0 Å². The Morgan fingerprint density at radius 3 is 2.74 bits per heavy atom. The van der Waals surface area contributed by atoms with Crippen molar-refractivity contribution >= 4 is 39.2 Å². The number of carbonyl (C=O) groups excluding carboxylic acids is 2. The number of anilines is 1. The van der Waals surface area contributed by atoms with Gasteiger partial charge in [-0.05, 0) is 24.3 Å². The van der Waals surface area contributed by atoms with Crippen molar-refractivity contribution in [2.75, 3.05) is 11.4 Å². The number of ether oxygens (including phenoxy) is 1. The van der Waals surface area contributed by atoms with Crippen LogP contribution in [0, 0.1) is 0 Å². The number of fused-ring (bicyclic) bond motifs is 1. The maximum Gasteiger partial charge on any atom is 0.410 e. The van der Waals surface area contributed by atoms with Crippen LogP contribution in [0.1, 0.15) is 11.4 Å². The fourth-order valence-corrected chi connectivity index (χ4v) is 3.87. The summed E-state index contributed by atoms with van der Waals surface area (Å²) in [7, 11) is 0. The lowest BCUT2D eigenvalue weighted by Crippen LogP contribution is -2.46. The molecule has 8 heteroatoms. The predicted octanol–water partition coefficient (Wildman–Crippen LogP) is 2.65. The van der Waals surface area contributed by atoms with E-state index in [9.17, 15) is 14.7 Å². The third kappa shape index (κ3) is 3.49. The number of nitrogens with zero attached hydrogens (tertiary/aromatic N) is 2. The normalized spacial score (nSPS) is 19.4. The van der Waals surface area contributed by atoms with E-state index in [2.05, 4.69) is 10.3 Å². The highest BCUT2D eigenvalue weighted by Gasteiger charge is 2.49. The molecule has 1 atom stereocenters. The molecular formula is C19H17N3O4S. The van der Waals surface area contributed by atoms with E-state index < -0.39 is 17.8 Å². The number of para-hydroxylation sites is 2. The molecule has 2 heterocycles. The maximum absolute atomic E-state index is 12.5. The van der Waals surface area contributed by atoms with Crippen molar-refractivity contribution in [2.45, 2.75) is 18.8 Å². The molecule has 2 aromatic carbocycles. The fourth-order valence-electron chi connectivity index (χ4n) is 2.96. The van der Waals surface area contributed by atoms with Crippen molar-refractivity contribution < 1.29 is 19.4 Å². The van der Waals surface area contributed by atoms with Gasteiger partial charge in [0.05, 0.1) is 16.8 Å². The second kappa shape index (κ2) is 6.98. The average molecular weight is 383 g/mol. The number of thiazole rings is 1. The number of alkyl carbamates (subject to hydrolysis) is 1. The number of benzene rings is 2. The van der Waals surface area contributed by atoms with Crippen LogP contribution in [-0.4, -0.2) is 34.4 Å². The predicted molar refractivity (Wildman–Crippen MR) is 101 cm³/mol. The standard InChI is InChI=1S/C19H17N3O4S/c23-17-19(25,10-11-22(17)13-6-2-1-3-7-13)26-18(24)20-12-16-21-14-8-4-5-9-15(14)27-16/h1-9,25H,10-12H2,(H,20,24)/t19-/m0/s1. The zero-order chi connectivity index (χ0) is 18.9. The molecule has 0 radical (unpaired) electrons. The Morgan fingerprint density at radius 2 is 1.96 bits per heavy atom. The molecule has 0 bridgehead atoms. The summed E-state index contributed by atoms with van der Waals surface area (Å²) in [6.45, 7) is 0.426. The molecule has 3 aromatic rings. The lowest BCUT2D eigenvalue weighted by Gasteiger charge is -2.22. The Hall–Kier alpha value is -2.97. The van der Waals surface area contributed by atoms with Gasteiger partial charge in [-0.15, -0.1) is 11.3 Å². The molecule has 0 saturated carbocycles. The molecule has 4 rings (SSSR count). The monoisotopic (exact) mass is 383 g/mol.